The van der Waals surface area contributed by atoms with Crippen LogP contribution in [0.3, 0.4) is 0 Å². The Bertz CT molecular complexity index is 692. The summed E-state index contributed by atoms with van der Waals surface area (Å²) in [7, 11) is 1.68. The van der Waals surface area contributed by atoms with Gasteiger partial charge < -0.3 is 14.2 Å². The standard InChI is InChI=1S/C23H30O3/c1-5-10-20(6-2)21-13-22(25-17-19-11-8-7-9-12-19)15-23(14-21)26-18(3)16-24-4/h7-15,18H,5-6,16-17H2,1-4H3/b20-10-. The van der Waals surface area contributed by atoms with E-state index in [4.69, 9.17) is 14.2 Å². The zero-order valence-corrected chi connectivity index (χ0v) is 16.3. The molecule has 0 N–H and O–H groups in total. The fourth-order valence-corrected chi connectivity index (χ4v) is 2.86. The highest BCUT2D eigenvalue weighted by Crippen LogP contribution is 2.30. The molecule has 140 valence electrons. The molecule has 3 nitrogen and oxygen atoms in total. The summed E-state index contributed by atoms with van der Waals surface area (Å²) >= 11 is 0. The molecule has 0 bridgehead atoms. The Morgan fingerprint density at radius 3 is 2.42 bits per heavy atom. The van der Waals surface area contributed by atoms with Gasteiger partial charge in [-0.1, -0.05) is 50.3 Å². The van der Waals surface area contributed by atoms with E-state index in [1.54, 1.807) is 7.11 Å². The van der Waals surface area contributed by atoms with Crippen molar-refractivity contribution < 1.29 is 14.2 Å². The van der Waals surface area contributed by atoms with Gasteiger partial charge in [-0.15, -0.1) is 0 Å². The van der Waals surface area contributed by atoms with Gasteiger partial charge in [0, 0.05) is 13.2 Å². The fraction of sp³-hybridized carbons (Fsp3) is 0.391. The Labute approximate surface area is 157 Å². The lowest BCUT2D eigenvalue weighted by atomic mass is 10.0. The lowest BCUT2D eigenvalue weighted by Gasteiger charge is -2.17. The average Bonchev–Trinajstić information content (AvgIpc) is 2.65. The number of rotatable bonds is 10. The van der Waals surface area contributed by atoms with Crippen molar-refractivity contribution in [1.82, 2.24) is 0 Å². The molecule has 0 aromatic heterocycles. The Morgan fingerprint density at radius 2 is 1.77 bits per heavy atom. The maximum Gasteiger partial charge on any atom is 0.124 e. The fourth-order valence-electron chi connectivity index (χ4n) is 2.86. The molecule has 26 heavy (non-hydrogen) atoms. The van der Waals surface area contributed by atoms with E-state index >= 15 is 0 Å². The van der Waals surface area contributed by atoms with Crippen LogP contribution in [0.25, 0.3) is 5.57 Å². The van der Waals surface area contributed by atoms with E-state index in [9.17, 15) is 0 Å². The molecule has 0 fully saturated rings. The lowest BCUT2D eigenvalue weighted by Crippen LogP contribution is -2.18. The Kier molecular flexibility index (Phi) is 8.23. The first-order valence-electron chi connectivity index (χ1n) is 9.33. The van der Waals surface area contributed by atoms with Gasteiger partial charge in [0.15, 0.2) is 0 Å². The Balaban J connectivity index is 2.25. The molecular formula is C23H30O3. The predicted molar refractivity (Wildman–Crippen MR) is 108 cm³/mol. The number of benzene rings is 2. The highest BCUT2D eigenvalue weighted by molar-refractivity contribution is 5.68. The van der Waals surface area contributed by atoms with Gasteiger partial charge in [-0.05, 0) is 48.6 Å². The van der Waals surface area contributed by atoms with E-state index in [-0.39, 0.29) is 6.10 Å². The van der Waals surface area contributed by atoms with Crippen LogP contribution < -0.4 is 9.47 Å². The maximum absolute atomic E-state index is 6.05. The van der Waals surface area contributed by atoms with E-state index in [2.05, 4.69) is 44.2 Å². The van der Waals surface area contributed by atoms with Crippen LogP contribution in [0.15, 0.2) is 54.6 Å². The minimum absolute atomic E-state index is 0.0162. The van der Waals surface area contributed by atoms with Crippen molar-refractivity contribution >= 4 is 5.57 Å². The third kappa shape index (κ3) is 6.23. The van der Waals surface area contributed by atoms with Gasteiger partial charge >= 0.3 is 0 Å². The monoisotopic (exact) mass is 354 g/mol. The molecule has 0 spiro atoms. The van der Waals surface area contributed by atoms with Crippen molar-refractivity contribution in [2.75, 3.05) is 13.7 Å². The summed E-state index contributed by atoms with van der Waals surface area (Å²) in [5, 5.41) is 0. The second-order valence-corrected chi connectivity index (χ2v) is 6.34. The molecule has 0 saturated carbocycles. The molecule has 0 heterocycles. The first-order valence-corrected chi connectivity index (χ1v) is 9.33. The zero-order valence-electron chi connectivity index (χ0n) is 16.3. The van der Waals surface area contributed by atoms with Gasteiger partial charge in [0.1, 0.15) is 24.2 Å². The van der Waals surface area contributed by atoms with Gasteiger partial charge in [-0.2, -0.15) is 0 Å². The molecule has 0 aliphatic heterocycles. The largest absolute Gasteiger partial charge is 0.489 e. The predicted octanol–water partition coefficient (Wildman–Crippen LogP) is 5.88. The van der Waals surface area contributed by atoms with Gasteiger partial charge in [0.25, 0.3) is 0 Å². The van der Waals surface area contributed by atoms with Crippen LogP contribution in [0.2, 0.25) is 0 Å². The van der Waals surface area contributed by atoms with E-state index in [1.165, 1.54) is 5.57 Å². The van der Waals surface area contributed by atoms with E-state index in [1.807, 2.05) is 31.2 Å². The van der Waals surface area contributed by atoms with Crippen molar-refractivity contribution in [1.29, 1.82) is 0 Å². The molecule has 2 aromatic rings. The smallest absolute Gasteiger partial charge is 0.124 e. The second kappa shape index (κ2) is 10.7. The molecule has 0 radical (unpaired) electrons. The zero-order chi connectivity index (χ0) is 18.8. The van der Waals surface area contributed by atoms with Crippen LogP contribution in [-0.4, -0.2) is 19.8 Å². The number of ether oxygens (including phenoxy) is 3. The second-order valence-electron chi connectivity index (χ2n) is 6.34. The van der Waals surface area contributed by atoms with Crippen LogP contribution in [-0.2, 0) is 11.3 Å². The summed E-state index contributed by atoms with van der Waals surface area (Å²) in [6.45, 7) is 7.42. The summed E-state index contributed by atoms with van der Waals surface area (Å²) in [5.41, 5.74) is 3.61. The van der Waals surface area contributed by atoms with Gasteiger partial charge in [0.05, 0.1) is 6.61 Å². The SMILES string of the molecule is CC/C=C(/CC)c1cc(OCc2ccccc2)cc(OC(C)COC)c1. The average molecular weight is 354 g/mol. The summed E-state index contributed by atoms with van der Waals surface area (Å²) in [6, 6.07) is 16.3. The summed E-state index contributed by atoms with van der Waals surface area (Å²) in [4.78, 5) is 0. The van der Waals surface area contributed by atoms with Crippen LogP contribution in [0.1, 0.15) is 44.7 Å². The first kappa shape index (κ1) is 20.1. The Hall–Kier alpha value is -2.26. The summed E-state index contributed by atoms with van der Waals surface area (Å²) in [6.07, 6.45) is 4.23. The summed E-state index contributed by atoms with van der Waals surface area (Å²) < 4.78 is 17.3. The number of hydrogen-bond acceptors (Lipinski definition) is 3. The number of allylic oxidation sites excluding steroid dienone is 2. The normalized spacial score (nSPS) is 12.7. The molecule has 0 saturated heterocycles. The van der Waals surface area contributed by atoms with Crippen LogP contribution in [0, 0.1) is 0 Å². The van der Waals surface area contributed by atoms with Crippen molar-refractivity contribution in [3.05, 3.63) is 65.7 Å². The van der Waals surface area contributed by atoms with Crippen molar-refractivity contribution in [3.8, 4) is 11.5 Å². The lowest BCUT2D eigenvalue weighted by molar-refractivity contribution is 0.0918. The molecule has 0 amide bonds. The molecule has 2 rings (SSSR count). The van der Waals surface area contributed by atoms with Gasteiger partial charge in [-0.3, -0.25) is 0 Å². The van der Waals surface area contributed by atoms with E-state index in [0.717, 1.165) is 35.5 Å². The molecule has 2 aromatic carbocycles. The van der Waals surface area contributed by atoms with E-state index < -0.39 is 0 Å². The minimum atomic E-state index is -0.0162. The molecule has 1 atom stereocenters. The summed E-state index contributed by atoms with van der Waals surface area (Å²) in [5.74, 6) is 1.63. The van der Waals surface area contributed by atoms with Crippen molar-refractivity contribution in [2.24, 2.45) is 0 Å². The first-order chi connectivity index (χ1) is 12.7. The Morgan fingerprint density at radius 1 is 1.04 bits per heavy atom. The molecule has 0 aliphatic carbocycles. The van der Waals surface area contributed by atoms with Crippen LogP contribution in [0.4, 0.5) is 0 Å². The molecule has 0 aliphatic rings. The van der Waals surface area contributed by atoms with Crippen LogP contribution in [0.5, 0.6) is 11.5 Å². The highest BCUT2D eigenvalue weighted by atomic mass is 16.5. The third-order valence-electron chi connectivity index (χ3n) is 4.07. The maximum atomic E-state index is 6.05. The third-order valence-corrected chi connectivity index (χ3v) is 4.07. The molecular weight excluding hydrogens is 324 g/mol. The van der Waals surface area contributed by atoms with Crippen molar-refractivity contribution in [3.63, 3.8) is 0 Å². The molecule has 1 unspecified atom stereocenters. The highest BCUT2D eigenvalue weighted by Gasteiger charge is 2.10. The quantitative estimate of drug-likeness (QED) is 0.533. The van der Waals surface area contributed by atoms with Crippen LogP contribution >= 0.6 is 0 Å². The van der Waals surface area contributed by atoms with Gasteiger partial charge in [0.2, 0.25) is 0 Å². The minimum Gasteiger partial charge on any atom is -0.489 e. The van der Waals surface area contributed by atoms with Gasteiger partial charge in [-0.25, -0.2) is 0 Å². The van der Waals surface area contributed by atoms with Crippen molar-refractivity contribution in [2.45, 2.75) is 46.3 Å². The molecule has 3 heteroatoms. The number of hydrogen-bond donors (Lipinski definition) is 0. The number of methoxy groups -OCH3 is 1. The van der Waals surface area contributed by atoms with E-state index in [0.29, 0.717) is 13.2 Å². The topological polar surface area (TPSA) is 27.7 Å².